The molecular formula is C11H21N3O4S. The highest BCUT2D eigenvalue weighted by atomic mass is 32.2. The summed E-state index contributed by atoms with van der Waals surface area (Å²) in [6.07, 6.45) is 1.34. The van der Waals surface area contributed by atoms with Crippen LogP contribution in [0.1, 0.15) is 19.8 Å². The Bertz CT molecular complexity index is 412. The van der Waals surface area contributed by atoms with E-state index in [1.54, 1.807) is 4.90 Å². The fourth-order valence-electron chi connectivity index (χ4n) is 2.38. The molecule has 0 atom stereocenters. The molecule has 1 amide bonds. The molecule has 19 heavy (non-hydrogen) atoms. The number of carbonyl (C=O) groups excluding carboxylic acids is 1. The van der Waals surface area contributed by atoms with Crippen LogP contribution in [0.15, 0.2) is 0 Å². The molecule has 110 valence electrons. The molecule has 2 heterocycles. The van der Waals surface area contributed by atoms with Gasteiger partial charge in [-0.1, -0.05) is 0 Å². The number of hydrogen-bond acceptors (Lipinski definition) is 4. The van der Waals surface area contributed by atoms with Crippen molar-refractivity contribution in [1.82, 2.24) is 13.9 Å². The van der Waals surface area contributed by atoms with Crippen molar-refractivity contribution in [3.05, 3.63) is 0 Å². The number of rotatable bonds is 3. The number of carbonyl (C=O) groups is 1. The predicted molar refractivity (Wildman–Crippen MR) is 69.7 cm³/mol. The molecule has 0 aliphatic carbocycles. The Morgan fingerprint density at radius 2 is 1.74 bits per heavy atom. The van der Waals surface area contributed by atoms with Crippen LogP contribution < -0.4 is 4.72 Å². The fraction of sp³-hybridized carbons (Fsp3) is 0.909. The monoisotopic (exact) mass is 291 g/mol. The molecule has 0 radical (unpaired) electrons. The number of likely N-dealkylation sites (tertiary alicyclic amines) is 1. The van der Waals surface area contributed by atoms with Gasteiger partial charge in [-0.25, -0.2) is 0 Å². The Kier molecular flexibility index (Phi) is 4.77. The third-order valence-corrected chi connectivity index (χ3v) is 5.24. The molecule has 0 bridgehead atoms. The quantitative estimate of drug-likeness (QED) is 0.736. The molecule has 2 saturated heterocycles. The number of nitrogens with one attached hydrogen (secondary N) is 1. The van der Waals surface area contributed by atoms with Crippen LogP contribution in [0.25, 0.3) is 0 Å². The number of morpholine rings is 1. The molecule has 0 saturated carbocycles. The van der Waals surface area contributed by atoms with Gasteiger partial charge >= 0.3 is 0 Å². The van der Waals surface area contributed by atoms with Gasteiger partial charge in [0, 0.05) is 39.1 Å². The maximum absolute atomic E-state index is 12.1. The average Bonchev–Trinajstić information content (AvgIpc) is 2.40. The van der Waals surface area contributed by atoms with E-state index in [1.807, 2.05) is 0 Å². The van der Waals surface area contributed by atoms with E-state index in [2.05, 4.69) is 4.72 Å². The highest BCUT2D eigenvalue weighted by molar-refractivity contribution is 7.87. The van der Waals surface area contributed by atoms with Crippen molar-refractivity contribution in [1.29, 1.82) is 0 Å². The Hall–Kier alpha value is -0.700. The lowest BCUT2D eigenvalue weighted by Gasteiger charge is -2.33. The normalized spacial score (nSPS) is 23.5. The van der Waals surface area contributed by atoms with Gasteiger partial charge in [-0.05, 0) is 12.8 Å². The summed E-state index contributed by atoms with van der Waals surface area (Å²) in [6.45, 7) is 4.48. The first-order valence-electron chi connectivity index (χ1n) is 6.60. The van der Waals surface area contributed by atoms with Crippen LogP contribution in [-0.4, -0.2) is 69.0 Å². The number of hydrogen-bond donors (Lipinski definition) is 1. The van der Waals surface area contributed by atoms with Gasteiger partial charge in [0.2, 0.25) is 5.91 Å². The van der Waals surface area contributed by atoms with Gasteiger partial charge < -0.3 is 9.64 Å². The van der Waals surface area contributed by atoms with Gasteiger partial charge in [-0.15, -0.1) is 0 Å². The number of amides is 1. The number of nitrogens with zero attached hydrogens (tertiary/aromatic N) is 2. The van der Waals surface area contributed by atoms with Crippen molar-refractivity contribution in [2.24, 2.45) is 0 Å². The van der Waals surface area contributed by atoms with Crippen LogP contribution in [0.3, 0.4) is 0 Å². The van der Waals surface area contributed by atoms with Gasteiger partial charge in [-0.3, -0.25) is 4.79 Å². The van der Waals surface area contributed by atoms with Crippen LogP contribution in [0.5, 0.6) is 0 Å². The van der Waals surface area contributed by atoms with Crippen molar-refractivity contribution in [3.63, 3.8) is 0 Å². The maximum Gasteiger partial charge on any atom is 0.279 e. The Balaban J connectivity index is 1.85. The number of ether oxygens (including phenoxy) is 1. The van der Waals surface area contributed by atoms with Gasteiger partial charge in [0.25, 0.3) is 10.2 Å². The predicted octanol–water partition coefficient (Wildman–Crippen LogP) is -0.836. The summed E-state index contributed by atoms with van der Waals surface area (Å²) in [6, 6.07) is -0.0801. The first-order chi connectivity index (χ1) is 8.99. The third-order valence-electron chi connectivity index (χ3n) is 3.57. The molecule has 2 fully saturated rings. The van der Waals surface area contributed by atoms with E-state index >= 15 is 0 Å². The fourth-order valence-corrected chi connectivity index (χ4v) is 3.82. The highest BCUT2D eigenvalue weighted by Crippen LogP contribution is 2.13. The largest absolute Gasteiger partial charge is 0.379 e. The summed E-state index contributed by atoms with van der Waals surface area (Å²) in [5, 5.41) is 0. The van der Waals surface area contributed by atoms with E-state index in [9.17, 15) is 13.2 Å². The second-order valence-corrected chi connectivity index (χ2v) is 6.62. The SMILES string of the molecule is CC(=O)N1CCC(NS(=O)(=O)N2CCOCC2)CC1. The van der Waals surface area contributed by atoms with Gasteiger partial charge in [-0.2, -0.15) is 17.4 Å². The molecular weight excluding hydrogens is 270 g/mol. The molecule has 1 N–H and O–H groups in total. The van der Waals surface area contributed by atoms with Crippen LogP contribution in [0, 0.1) is 0 Å². The van der Waals surface area contributed by atoms with E-state index in [0.717, 1.165) is 0 Å². The van der Waals surface area contributed by atoms with E-state index < -0.39 is 10.2 Å². The lowest BCUT2D eigenvalue weighted by atomic mass is 10.1. The summed E-state index contributed by atoms with van der Waals surface area (Å²) in [5.74, 6) is 0.0505. The minimum Gasteiger partial charge on any atom is -0.379 e. The summed E-state index contributed by atoms with van der Waals surface area (Å²) in [4.78, 5) is 13.0. The number of piperidine rings is 1. The molecule has 0 aromatic heterocycles. The summed E-state index contributed by atoms with van der Waals surface area (Å²) >= 11 is 0. The third kappa shape index (κ3) is 3.88. The zero-order valence-electron chi connectivity index (χ0n) is 11.2. The first-order valence-corrected chi connectivity index (χ1v) is 8.04. The van der Waals surface area contributed by atoms with Gasteiger partial charge in [0.1, 0.15) is 0 Å². The van der Waals surface area contributed by atoms with Crippen LogP contribution in [0.4, 0.5) is 0 Å². The molecule has 0 unspecified atom stereocenters. The molecule has 2 aliphatic heterocycles. The first kappa shape index (κ1) is 14.7. The molecule has 2 rings (SSSR count). The molecule has 8 heteroatoms. The second kappa shape index (κ2) is 6.17. The minimum absolute atomic E-state index is 0.0505. The highest BCUT2D eigenvalue weighted by Gasteiger charge is 2.29. The van der Waals surface area contributed by atoms with Crippen molar-refractivity contribution in [2.75, 3.05) is 39.4 Å². The van der Waals surface area contributed by atoms with Crippen molar-refractivity contribution < 1.29 is 17.9 Å². The van der Waals surface area contributed by atoms with Crippen LogP contribution >= 0.6 is 0 Å². The Morgan fingerprint density at radius 3 is 2.26 bits per heavy atom. The van der Waals surface area contributed by atoms with Crippen LogP contribution in [0.2, 0.25) is 0 Å². The molecule has 0 aromatic rings. The molecule has 0 aromatic carbocycles. The average molecular weight is 291 g/mol. The smallest absolute Gasteiger partial charge is 0.279 e. The van der Waals surface area contributed by atoms with Crippen LogP contribution in [-0.2, 0) is 19.7 Å². The van der Waals surface area contributed by atoms with E-state index in [1.165, 1.54) is 11.2 Å². The summed E-state index contributed by atoms with van der Waals surface area (Å²) < 4.78 is 33.6. The standard InChI is InChI=1S/C11H21N3O4S/c1-10(15)13-4-2-11(3-5-13)12-19(16,17)14-6-8-18-9-7-14/h11-12H,2-9H2,1H3. The van der Waals surface area contributed by atoms with Crippen molar-refractivity contribution in [2.45, 2.75) is 25.8 Å². The van der Waals surface area contributed by atoms with Crippen molar-refractivity contribution >= 4 is 16.1 Å². The topological polar surface area (TPSA) is 79.0 Å². The molecule has 2 aliphatic rings. The second-order valence-electron chi connectivity index (χ2n) is 4.91. The lowest BCUT2D eigenvalue weighted by molar-refractivity contribution is -0.129. The molecule has 0 spiro atoms. The maximum atomic E-state index is 12.1. The van der Waals surface area contributed by atoms with E-state index in [0.29, 0.717) is 52.2 Å². The Morgan fingerprint density at radius 1 is 1.16 bits per heavy atom. The zero-order valence-corrected chi connectivity index (χ0v) is 12.0. The Labute approximate surface area is 114 Å². The van der Waals surface area contributed by atoms with E-state index in [-0.39, 0.29) is 11.9 Å². The summed E-state index contributed by atoms with van der Waals surface area (Å²) in [5.41, 5.74) is 0. The lowest BCUT2D eigenvalue weighted by Crippen LogP contribution is -2.52. The van der Waals surface area contributed by atoms with Crippen molar-refractivity contribution in [3.8, 4) is 0 Å². The molecule has 7 nitrogen and oxygen atoms in total. The van der Waals surface area contributed by atoms with Gasteiger partial charge in [0.05, 0.1) is 13.2 Å². The minimum atomic E-state index is -3.42. The summed E-state index contributed by atoms with van der Waals surface area (Å²) in [7, 11) is -3.42. The zero-order chi connectivity index (χ0) is 13.9. The van der Waals surface area contributed by atoms with Gasteiger partial charge in [0.15, 0.2) is 0 Å². The van der Waals surface area contributed by atoms with E-state index in [4.69, 9.17) is 4.74 Å².